The van der Waals surface area contributed by atoms with Gasteiger partial charge in [0, 0.05) is 18.6 Å². The predicted octanol–water partition coefficient (Wildman–Crippen LogP) is 4.17. The fourth-order valence-corrected chi connectivity index (χ4v) is 5.29. The smallest absolute Gasteiger partial charge is 0.265 e. The zero-order chi connectivity index (χ0) is 21.0. The van der Waals surface area contributed by atoms with Crippen LogP contribution in [0.3, 0.4) is 0 Å². The van der Waals surface area contributed by atoms with Gasteiger partial charge in [-0.05, 0) is 53.4 Å². The normalized spacial score (nSPS) is 11.1. The van der Waals surface area contributed by atoms with Gasteiger partial charge in [0.2, 0.25) is 0 Å². The molecule has 0 saturated heterocycles. The molecule has 2 aromatic carbocycles. The molecule has 0 unspecified atom stereocenters. The van der Waals surface area contributed by atoms with Gasteiger partial charge in [-0.25, -0.2) is 8.42 Å². The van der Waals surface area contributed by atoms with Gasteiger partial charge in [-0.3, -0.25) is 9.10 Å². The first-order chi connectivity index (χ1) is 13.8. The number of thiophene rings is 1. The highest BCUT2D eigenvalue weighted by Gasteiger charge is 2.28. The van der Waals surface area contributed by atoms with Gasteiger partial charge >= 0.3 is 0 Å². The molecule has 1 amide bonds. The summed E-state index contributed by atoms with van der Waals surface area (Å²) in [5.41, 5.74) is 1.29. The molecule has 6 nitrogen and oxygen atoms in total. The Balaban J connectivity index is 1.80. The Morgan fingerprint density at radius 1 is 1.17 bits per heavy atom. The number of hydrogen-bond acceptors (Lipinski definition) is 5. The third kappa shape index (κ3) is 4.72. The highest BCUT2D eigenvalue weighted by atomic mass is 35.5. The van der Waals surface area contributed by atoms with Gasteiger partial charge in [0.25, 0.3) is 15.9 Å². The molecule has 0 saturated carbocycles. The van der Waals surface area contributed by atoms with Crippen LogP contribution in [0.5, 0.6) is 5.75 Å². The van der Waals surface area contributed by atoms with Crippen LogP contribution in [0.15, 0.2) is 64.9 Å². The van der Waals surface area contributed by atoms with Crippen molar-refractivity contribution in [3.8, 4) is 5.75 Å². The molecule has 29 heavy (non-hydrogen) atoms. The van der Waals surface area contributed by atoms with Crippen LogP contribution >= 0.6 is 22.9 Å². The molecule has 1 aromatic heterocycles. The summed E-state index contributed by atoms with van der Waals surface area (Å²) < 4.78 is 32.4. The van der Waals surface area contributed by atoms with Crippen molar-refractivity contribution in [3.05, 3.63) is 75.4 Å². The van der Waals surface area contributed by atoms with Crippen LogP contribution in [-0.2, 0) is 16.6 Å². The van der Waals surface area contributed by atoms with Crippen molar-refractivity contribution >= 4 is 44.6 Å². The van der Waals surface area contributed by atoms with Crippen molar-refractivity contribution in [2.75, 3.05) is 18.5 Å². The van der Waals surface area contributed by atoms with E-state index >= 15 is 0 Å². The lowest BCUT2D eigenvalue weighted by Gasteiger charge is -2.19. The Morgan fingerprint density at radius 3 is 2.59 bits per heavy atom. The minimum Gasteiger partial charge on any atom is -0.497 e. The molecule has 0 aliphatic carbocycles. The number of amides is 1. The average Bonchev–Trinajstić information content (AvgIpc) is 3.23. The summed E-state index contributed by atoms with van der Waals surface area (Å²) in [7, 11) is -0.905. The van der Waals surface area contributed by atoms with Crippen molar-refractivity contribution in [1.29, 1.82) is 0 Å². The fourth-order valence-electron chi connectivity index (χ4n) is 2.65. The maximum atomic E-state index is 13.1. The van der Waals surface area contributed by atoms with E-state index in [0.29, 0.717) is 16.5 Å². The van der Waals surface area contributed by atoms with E-state index in [0.717, 1.165) is 21.2 Å². The third-order valence-electron chi connectivity index (χ3n) is 4.25. The molecule has 1 heterocycles. The quantitative estimate of drug-likeness (QED) is 0.586. The van der Waals surface area contributed by atoms with Gasteiger partial charge in [0.05, 0.1) is 12.8 Å². The Kier molecular flexibility index (Phi) is 6.46. The monoisotopic (exact) mass is 450 g/mol. The number of hydrogen-bond donors (Lipinski definition) is 1. The molecule has 0 radical (unpaired) electrons. The first-order valence-corrected chi connectivity index (χ1v) is 11.3. The molecule has 0 spiro atoms. The Bertz CT molecular complexity index is 1110. The summed E-state index contributed by atoms with van der Waals surface area (Å²) >= 11 is 6.95. The molecule has 3 rings (SSSR count). The first-order valence-electron chi connectivity index (χ1n) is 8.56. The first kappa shape index (κ1) is 21.2. The summed E-state index contributed by atoms with van der Waals surface area (Å²) in [5.74, 6) is 0.228. The molecular weight excluding hydrogens is 432 g/mol. The van der Waals surface area contributed by atoms with Gasteiger partial charge in [0.1, 0.15) is 15.5 Å². The average molecular weight is 451 g/mol. The number of ether oxygens (including phenoxy) is 1. The van der Waals surface area contributed by atoms with Crippen LogP contribution < -0.4 is 14.4 Å². The maximum Gasteiger partial charge on any atom is 0.265 e. The molecule has 0 bridgehead atoms. The van der Waals surface area contributed by atoms with E-state index in [1.165, 1.54) is 13.1 Å². The molecule has 0 fully saturated rings. The minimum absolute atomic E-state index is 0.0388. The summed E-state index contributed by atoms with van der Waals surface area (Å²) in [6.45, 7) is 0.250. The lowest BCUT2D eigenvalue weighted by Crippen LogP contribution is -2.29. The zero-order valence-corrected chi connectivity index (χ0v) is 18.1. The van der Waals surface area contributed by atoms with Crippen molar-refractivity contribution in [2.24, 2.45) is 0 Å². The van der Waals surface area contributed by atoms with Gasteiger partial charge in [-0.15, -0.1) is 11.3 Å². The second-order valence-electron chi connectivity index (χ2n) is 6.10. The van der Waals surface area contributed by atoms with Crippen LogP contribution in [0.25, 0.3) is 0 Å². The largest absolute Gasteiger partial charge is 0.497 e. The van der Waals surface area contributed by atoms with Crippen LogP contribution in [0.2, 0.25) is 5.02 Å². The summed E-state index contributed by atoms with van der Waals surface area (Å²) in [4.78, 5) is 12.8. The molecule has 9 heteroatoms. The number of carbonyl (C=O) groups excluding carboxylic acids is 1. The number of benzene rings is 2. The van der Waals surface area contributed by atoms with E-state index in [-0.39, 0.29) is 16.3 Å². The summed E-state index contributed by atoms with van der Waals surface area (Å²) in [6.07, 6.45) is 0. The molecular formula is C20H19ClN2O4S2. The van der Waals surface area contributed by atoms with E-state index in [1.807, 2.05) is 18.2 Å². The number of halogens is 1. The van der Waals surface area contributed by atoms with E-state index in [1.54, 1.807) is 42.8 Å². The second kappa shape index (κ2) is 8.86. The number of rotatable bonds is 7. The molecule has 3 aromatic rings. The SMILES string of the molecule is COc1cccc(CNC(=O)c2sccc2S(=O)(=O)N(C)c2ccc(Cl)cc2)c1. The fraction of sp³-hybridized carbons (Fsp3) is 0.150. The van der Waals surface area contributed by atoms with E-state index in [4.69, 9.17) is 16.3 Å². The molecule has 1 N–H and O–H groups in total. The minimum atomic E-state index is -3.91. The Morgan fingerprint density at radius 2 is 1.90 bits per heavy atom. The Hall–Kier alpha value is -2.55. The highest BCUT2D eigenvalue weighted by Crippen LogP contribution is 2.28. The van der Waals surface area contributed by atoms with Gasteiger partial charge in [-0.1, -0.05) is 23.7 Å². The summed E-state index contributed by atoms with van der Waals surface area (Å²) in [5, 5.41) is 4.86. The van der Waals surface area contributed by atoms with Gasteiger partial charge in [-0.2, -0.15) is 0 Å². The van der Waals surface area contributed by atoms with Crippen LogP contribution in [0.4, 0.5) is 5.69 Å². The highest BCUT2D eigenvalue weighted by molar-refractivity contribution is 7.93. The number of nitrogens with zero attached hydrogens (tertiary/aromatic N) is 1. The van der Waals surface area contributed by atoms with Crippen LogP contribution in [0.1, 0.15) is 15.2 Å². The van der Waals surface area contributed by atoms with E-state index in [9.17, 15) is 13.2 Å². The van der Waals surface area contributed by atoms with Crippen LogP contribution in [0, 0.1) is 0 Å². The van der Waals surface area contributed by atoms with E-state index < -0.39 is 15.9 Å². The van der Waals surface area contributed by atoms with Crippen molar-refractivity contribution in [1.82, 2.24) is 5.32 Å². The Labute approximate surface area is 178 Å². The summed E-state index contributed by atoms with van der Waals surface area (Å²) in [6, 6.07) is 15.2. The van der Waals surface area contributed by atoms with Crippen molar-refractivity contribution < 1.29 is 17.9 Å². The zero-order valence-electron chi connectivity index (χ0n) is 15.8. The number of anilines is 1. The maximum absolute atomic E-state index is 13.1. The number of nitrogens with one attached hydrogen (secondary N) is 1. The van der Waals surface area contributed by atoms with Crippen molar-refractivity contribution in [3.63, 3.8) is 0 Å². The third-order valence-corrected chi connectivity index (χ3v) is 7.37. The van der Waals surface area contributed by atoms with E-state index in [2.05, 4.69) is 5.32 Å². The van der Waals surface area contributed by atoms with Gasteiger partial charge in [0.15, 0.2) is 0 Å². The van der Waals surface area contributed by atoms with Crippen molar-refractivity contribution in [2.45, 2.75) is 11.4 Å². The standard InChI is InChI=1S/C20H19ClN2O4S2/c1-23(16-8-6-15(21)7-9-16)29(25,26)18-10-11-28-19(18)20(24)22-13-14-4-3-5-17(12-14)27-2/h3-12H,13H2,1-2H3,(H,22,24). The number of sulfonamides is 1. The predicted molar refractivity (Wildman–Crippen MR) is 116 cm³/mol. The topological polar surface area (TPSA) is 75.7 Å². The molecule has 0 aliphatic rings. The molecule has 0 aliphatic heterocycles. The van der Waals surface area contributed by atoms with Crippen LogP contribution in [-0.4, -0.2) is 28.5 Å². The lowest BCUT2D eigenvalue weighted by atomic mass is 10.2. The second-order valence-corrected chi connectivity index (χ2v) is 9.39. The molecule has 0 atom stereocenters. The lowest BCUT2D eigenvalue weighted by molar-refractivity contribution is 0.0952. The number of methoxy groups -OCH3 is 1. The molecule has 152 valence electrons. The number of carbonyl (C=O) groups is 1. The van der Waals surface area contributed by atoms with Gasteiger partial charge < -0.3 is 10.1 Å².